The van der Waals surface area contributed by atoms with Gasteiger partial charge in [0.2, 0.25) is 0 Å². The van der Waals surface area contributed by atoms with Crippen molar-refractivity contribution in [3.05, 3.63) is 93.8 Å². The molecule has 2 aliphatic rings. The molecule has 0 aromatic heterocycles. The largest absolute Gasteiger partial charge is 2.00 e. The van der Waals surface area contributed by atoms with Gasteiger partial charge in [-0.05, 0) is 82.1 Å². The summed E-state index contributed by atoms with van der Waals surface area (Å²) in [5.74, 6) is 0.596. The number of hydrogen-bond donors (Lipinski definition) is 1. The molecule has 2 saturated carbocycles. The summed E-state index contributed by atoms with van der Waals surface area (Å²) in [5, 5.41) is 3.08. The Morgan fingerprint density at radius 2 is 1.39 bits per heavy atom. The van der Waals surface area contributed by atoms with Crippen LogP contribution in [-0.4, -0.2) is 12.3 Å². The molecule has 0 bridgehead atoms. The van der Waals surface area contributed by atoms with Crippen LogP contribution >= 0.6 is 0 Å². The molecule has 0 amide bonds. The van der Waals surface area contributed by atoms with Gasteiger partial charge in [-0.25, -0.2) is 4.39 Å². The molecule has 4 heteroatoms. The summed E-state index contributed by atoms with van der Waals surface area (Å²) < 4.78 is 12.6. The van der Waals surface area contributed by atoms with E-state index in [2.05, 4.69) is 5.32 Å². The van der Waals surface area contributed by atoms with Gasteiger partial charge in [0.15, 0.2) is 0 Å². The molecule has 0 unspecified atom stereocenters. The number of nitrogens with one attached hydrogen (secondary N) is 1. The predicted octanol–water partition coefficient (Wildman–Crippen LogP) is 3.62. The van der Waals surface area contributed by atoms with Gasteiger partial charge in [-0.2, -0.15) is 0 Å². The smallest absolute Gasteiger partial charge is 0.385 e. The molecule has 3 rings (SSSR count). The molecule has 0 spiro atoms. The second kappa shape index (κ2) is 11.6. The van der Waals surface area contributed by atoms with Crippen LogP contribution in [0.3, 0.4) is 0 Å². The minimum absolute atomic E-state index is 0. The van der Waals surface area contributed by atoms with E-state index in [0.717, 1.165) is 11.6 Å². The van der Waals surface area contributed by atoms with E-state index in [1.807, 2.05) is 44.9 Å². The van der Waals surface area contributed by atoms with Crippen LogP contribution in [0, 0.1) is 69.5 Å². The zero-order chi connectivity index (χ0) is 15.6. The van der Waals surface area contributed by atoms with Gasteiger partial charge in [-0.1, -0.05) is 0 Å². The predicted molar refractivity (Wildman–Crippen MR) is 86.5 cm³/mol. The van der Waals surface area contributed by atoms with E-state index in [1.165, 1.54) is 12.1 Å². The molecule has 0 heterocycles. The zero-order valence-corrected chi connectivity index (χ0v) is 13.7. The molecule has 23 heavy (non-hydrogen) atoms. The molecule has 0 aliphatic heterocycles. The first-order valence-corrected chi connectivity index (χ1v) is 7.17. The van der Waals surface area contributed by atoms with Crippen LogP contribution in [0.4, 0.5) is 10.1 Å². The van der Waals surface area contributed by atoms with Crippen molar-refractivity contribution in [2.24, 2.45) is 0 Å². The van der Waals surface area contributed by atoms with Gasteiger partial charge in [-0.3, -0.25) is 4.79 Å². The van der Waals surface area contributed by atoms with E-state index in [-0.39, 0.29) is 28.7 Å². The molecule has 1 aromatic carbocycles. The topological polar surface area (TPSA) is 29.1 Å². The first kappa shape index (κ1) is 20.2. The molecule has 2 nitrogen and oxygen atoms in total. The van der Waals surface area contributed by atoms with Crippen LogP contribution < -0.4 is 5.32 Å². The van der Waals surface area contributed by atoms with E-state index >= 15 is 0 Å². The average Bonchev–Trinajstić information content (AvgIpc) is 3.25. The fourth-order valence-corrected chi connectivity index (χ4v) is 1.91. The van der Waals surface area contributed by atoms with Crippen molar-refractivity contribution in [2.75, 3.05) is 11.9 Å². The van der Waals surface area contributed by atoms with Gasteiger partial charge in [0, 0.05) is 24.6 Å². The number of anilines is 1. The quantitative estimate of drug-likeness (QED) is 0.821. The van der Waals surface area contributed by atoms with E-state index in [4.69, 9.17) is 0 Å². The second-order valence-corrected chi connectivity index (χ2v) is 4.74. The van der Waals surface area contributed by atoms with Gasteiger partial charge in [0.05, 0.1) is 0 Å². The third-order valence-electron chi connectivity index (χ3n) is 3.07. The molecule has 118 valence electrons. The van der Waals surface area contributed by atoms with Gasteiger partial charge < -0.3 is 5.32 Å². The molecule has 2 fully saturated rings. The molecule has 2 aliphatic carbocycles. The fourth-order valence-electron chi connectivity index (χ4n) is 1.91. The first-order valence-electron chi connectivity index (χ1n) is 7.17. The third kappa shape index (κ3) is 7.99. The van der Waals surface area contributed by atoms with Crippen molar-refractivity contribution >= 4 is 11.5 Å². The van der Waals surface area contributed by atoms with Crippen LogP contribution in [0.1, 0.15) is 6.42 Å². The van der Waals surface area contributed by atoms with E-state index in [1.54, 1.807) is 25.0 Å². The summed E-state index contributed by atoms with van der Waals surface area (Å²) in [5.41, 5.74) is 0.821. The Labute approximate surface area is 150 Å². The number of benzene rings is 1. The van der Waals surface area contributed by atoms with Crippen LogP contribution in [0.2, 0.25) is 0 Å². The van der Waals surface area contributed by atoms with Crippen molar-refractivity contribution in [3.63, 3.8) is 0 Å². The molecule has 10 radical (unpaired) electrons. The fraction of sp³-hybridized carbons (Fsp3) is 0.105. The van der Waals surface area contributed by atoms with Crippen molar-refractivity contribution < 1.29 is 26.3 Å². The number of carbonyl (C=O) groups excluding carboxylic acids is 1. The normalized spacial score (nSPS) is 17.1. The Kier molecular flexibility index (Phi) is 10.2. The summed E-state index contributed by atoms with van der Waals surface area (Å²) in [6, 6.07) is 6.09. The summed E-state index contributed by atoms with van der Waals surface area (Å²) in [6.07, 6.45) is 17.7. The van der Waals surface area contributed by atoms with E-state index in [9.17, 15) is 9.18 Å². The Morgan fingerprint density at radius 1 is 0.870 bits per heavy atom. The standard InChI is InChI=1S/C14H13FNO.C5H5.Fe/c15-12-5-7-13(8-6-12)16-10-9-14(17)11-3-1-2-4-11;1-2-4-5-3-1;/h1-8,16H,9-10H2;1-5H;/q;;+2. The zero-order valence-electron chi connectivity index (χ0n) is 12.6. The van der Waals surface area contributed by atoms with Crippen LogP contribution in [0.15, 0.2) is 24.3 Å². The number of rotatable bonds is 5. The van der Waals surface area contributed by atoms with Crippen molar-refractivity contribution in [1.82, 2.24) is 0 Å². The molecule has 1 aromatic rings. The Hall–Kier alpha value is -0.861. The maximum absolute atomic E-state index is 12.6. The number of Topliss-reactive ketones (excluding diaryl/α,β-unsaturated/α-hetero) is 1. The van der Waals surface area contributed by atoms with Crippen molar-refractivity contribution in [3.8, 4) is 0 Å². The number of hydrogen-bond acceptors (Lipinski definition) is 2. The van der Waals surface area contributed by atoms with E-state index < -0.39 is 0 Å². The summed E-state index contributed by atoms with van der Waals surface area (Å²) in [7, 11) is 0. The Balaban J connectivity index is 0.000000377. The monoisotopic (exact) mass is 351 g/mol. The average molecular weight is 351 g/mol. The van der Waals surface area contributed by atoms with Crippen molar-refractivity contribution in [2.45, 2.75) is 6.42 Å². The van der Waals surface area contributed by atoms with E-state index in [0.29, 0.717) is 13.0 Å². The van der Waals surface area contributed by atoms with Crippen LogP contribution in [-0.2, 0) is 21.9 Å². The summed E-state index contributed by atoms with van der Waals surface area (Å²) >= 11 is 0. The Bertz CT molecular complexity index is 432. The number of ketones is 1. The SMILES string of the molecule is O=C(CCNc1ccc(F)cc1)[C]1[CH][CH][CH][CH]1.[CH]1[CH][CH][CH][CH]1.[Fe+2]. The van der Waals surface area contributed by atoms with Crippen LogP contribution in [0.25, 0.3) is 0 Å². The Morgan fingerprint density at radius 3 is 1.91 bits per heavy atom. The maximum Gasteiger partial charge on any atom is 2.00 e. The minimum atomic E-state index is -0.261. The number of halogens is 1. The van der Waals surface area contributed by atoms with Gasteiger partial charge in [0.25, 0.3) is 0 Å². The van der Waals surface area contributed by atoms with Crippen molar-refractivity contribution in [1.29, 1.82) is 0 Å². The van der Waals surface area contributed by atoms with Crippen LogP contribution in [0.5, 0.6) is 0 Å². The first-order chi connectivity index (χ1) is 10.8. The molecule has 0 saturated heterocycles. The maximum atomic E-state index is 12.6. The molecular formula is C19H18FFeNO+2. The number of carbonyl (C=O) groups is 1. The van der Waals surface area contributed by atoms with Gasteiger partial charge in [0.1, 0.15) is 11.6 Å². The summed E-state index contributed by atoms with van der Waals surface area (Å²) in [4.78, 5) is 11.7. The van der Waals surface area contributed by atoms with Gasteiger partial charge >= 0.3 is 17.1 Å². The third-order valence-corrected chi connectivity index (χ3v) is 3.07. The molecule has 1 N–H and O–H groups in total. The summed E-state index contributed by atoms with van der Waals surface area (Å²) in [6.45, 7) is 0.551. The molecular weight excluding hydrogens is 333 g/mol. The second-order valence-electron chi connectivity index (χ2n) is 4.74. The molecule has 0 atom stereocenters. The minimum Gasteiger partial charge on any atom is -0.385 e. The van der Waals surface area contributed by atoms with Gasteiger partial charge in [-0.15, -0.1) is 0 Å².